The zero-order valence-corrected chi connectivity index (χ0v) is 14.8. The van der Waals surface area contributed by atoms with Crippen LogP contribution in [0.5, 0.6) is 11.5 Å². The van der Waals surface area contributed by atoms with Crippen molar-refractivity contribution in [1.82, 2.24) is 5.32 Å². The maximum atomic E-state index is 12.9. The fourth-order valence-electron chi connectivity index (χ4n) is 2.68. The lowest BCUT2D eigenvalue weighted by molar-refractivity contribution is -0.122. The lowest BCUT2D eigenvalue weighted by Gasteiger charge is -2.29. The number of carbonyl (C=O) groups is 2. The highest BCUT2D eigenvalue weighted by atomic mass is 35.5. The number of amides is 2. The molecule has 0 spiro atoms. The largest absolute Gasteiger partial charge is 0.454 e. The summed E-state index contributed by atoms with van der Waals surface area (Å²) in [5, 5.41) is 2.99. The molecule has 0 radical (unpaired) electrons. The van der Waals surface area contributed by atoms with Gasteiger partial charge in [0.05, 0.1) is 5.69 Å². The van der Waals surface area contributed by atoms with E-state index in [1.807, 2.05) is 0 Å². The van der Waals surface area contributed by atoms with Crippen LogP contribution in [-0.4, -0.2) is 23.7 Å². The number of nitrogens with one attached hydrogen (secondary N) is 1. The Morgan fingerprint density at radius 2 is 1.92 bits per heavy atom. The SMILES string of the molecule is O=C1NC(=S)N(c2cccc(Cl)c2)C(=O)C1=Cc1ccc2c(c1)OCO2. The molecule has 0 bridgehead atoms. The second-order valence-electron chi connectivity index (χ2n) is 5.55. The van der Waals surface area contributed by atoms with E-state index in [9.17, 15) is 9.59 Å². The number of hydrogen-bond acceptors (Lipinski definition) is 5. The number of carbonyl (C=O) groups excluding carboxylic acids is 2. The summed E-state index contributed by atoms with van der Waals surface area (Å²) in [4.78, 5) is 26.4. The monoisotopic (exact) mass is 386 g/mol. The van der Waals surface area contributed by atoms with E-state index in [1.165, 1.54) is 11.0 Å². The Balaban J connectivity index is 1.72. The highest BCUT2D eigenvalue weighted by molar-refractivity contribution is 7.80. The van der Waals surface area contributed by atoms with Crippen molar-refractivity contribution in [2.24, 2.45) is 0 Å². The summed E-state index contributed by atoms with van der Waals surface area (Å²) in [5.41, 5.74) is 1.06. The third-order valence-electron chi connectivity index (χ3n) is 3.88. The van der Waals surface area contributed by atoms with Crippen LogP contribution in [0.4, 0.5) is 5.69 Å². The van der Waals surface area contributed by atoms with Gasteiger partial charge in [0.1, 0.15) is 5.57 Å². The topological polar surface area (TPSA) is 67.9 Å². The Bertz CT molecular complexity index is 989. The van der Waals surface area contributed by atoms with Crippen LogP contribution >= 0.6 is 23.8 Å². The zero-order valence-electron chi connectivity index (χ0n) is 13.2. The maximum Gasteiger partial charge on any atom is 0.270 e. The van der Waals surface area contributed by atoms with E-state index in [4.69, 9.17) is 33.3 Å². The van der Waals surface area contributed by atoms with Crippen molar-refractivity contribution >= 4 is 52.5 Å². The van der Waals surface area contributed by atoms with Crippen molar-refractivity contribution in [3.05, 3.63) is 58.6 Å². The lowest BCUT2D eigenvalue weighted by Crippen LogP contribution is -2.54. The van der Waals surface area contributed by atoms with Gasteiger partial charge in [-0.1, -0.05) is 23.7 Å². The normalized spacial score (nSPS) is 17.7. The summed E-state index contributed by atoms with van der Waals surface area (Å²) in [6.07, 6.45) is 1.49. The van der Waals surface area contributed by atoms with Crippen LogP contribution in [-0.2, 0) is 9.59 Å². The number of thiocarbonyl (C=S) groups is 1. The van der Waals surface area contributed by atoms with E-state index in [0.29, 0.717) is 27.8 Å². The molecule has 0 atom stereocenters. The quantitative estimate of drug-likeness (QED) is 0.488. The summed E-state index contributed by atoms with van der Waals surface area (Å²) in [5.74, 6) is 0.0909. The first kappa shape index (κ1) is 16.6. The maximum absolute atomic E-state index is 12.9. The predicted molar refractivity (Wildman–Crippen MR) is 100 cm³/mol. The first-order valence-corrected chi connectivity index (χ1v) is 8.38. The van der Waals surface area contributed by atoms with Crippen LogP contribution in [0, 0.1) is 0 Å². The van der Waals surface area contributed by atoms with Gasteiger partial charge in [0.25, 0.3) is 11.8 Å². The van der Waals surface area contributed by atoms with Gasteiger partial charge in [-0.05, 0) is 54.2 Å². The number of anilines is 1. The molecule has 0 aliphatic carbocycles. The van der Waals surface area contributed by atoms with Gasteiger partial charge in [0.15, 0.2) is 16.6 Å². The van der Waals surface area contributed by atoms with Gasteiger partial charge in [-0.2, -0.15) is 0 Å². The standard InChI is InChI=1S/C18H11ClN2O4S/c19-11-2-1-3-12(8-11)21-17(23)13(16(22)20-18(21)26)6-10-4-5-14-15(7-10)25-9-24-14/h1-8H,9H2,(H,20,22,26). The van der Waals surface area contributed by atoms with E-state index in [0.717, 1.165) is 0 Å². The average Bonchev–Trinajstić information content (AvgIpc) is 3.06. The molecule has 0 saturated carbocycles. The Hall–Kier alpha value is -2.90. The van der Waals surface area contributed by atoms with Gasteiger partial charge < -0.3 is 9.47 Å². The molecule has 0 aromatic heterocycles. The molecule has 6 nitrogen and oxygen atoms in total. The zero-order chi connectivity index (χ0) is 18.3. The molecule has 2 aromatic carbocycles. The van der Waals surface area contributed by atoms with E-state index in [-0.39, 0.29) is 17.5 Å². The second kappa shape index (κ2) is 6.44. The number of fused-ring (bicyclic) bond motifs is 1. The smallest absolute Gasteiger partial charge is 0.270 e. The molecule has 8 heteroatoms. The summed E-state index contributed by atoms with van der Waals surface area (Å²) < 4.78 is 10.6. The Morgan fingerprint density at radius 1 is 1.12 bits per heavy atom. The van der Waals surface area contributed by atoms with Crippen molar-refractivity contribution in [1.29, 1.82) is 0 Å². The average molecular weight is 387 g/mol. The predicted octanol–water partition coefficient (Wildman–Crippen LogP) is 2.90. The Kier molecular flexibility index (Phi) is 4.10. The molecular weight excluding hydrogens is 376 g/mol. The van der Waals surface area contributed by atoms with Crippen LogP contribution in [0.2, 0.25) is 5.02 Å². The molecule has 1 fully saturated rings. The van der Waals surface area contributed by atoms with Gasteiger partial charge in [-0.25, -0.2) is 0 Å². The van der Waals surface area contributed by atoms with E-state index < -0.39 is 11.8 Å². The molecule has 4 rings (SSSR count). The molecule has 2 amide bonds. The van der Waals surface area contributed by atoms with Crippen molar-refractivity contribution < 1.29 is 19.1 Å². The molecule has 26 heavy (non-hydrogen) atoms. The lowest BCUT2D eigenvalue weighted by atomic mass is 10.1. The molecule has 2 aliphatic rings. The first-order valence-electron chi connectivity index (χ1n) is 7.59. The van der Waals surface area contributed by atoms with Crippen LogP contribution in [0.15, 0.2) is 48.0 Å². The Labute approximate surface area is 158 Å². The first-order chi connectivity index (χ1) is 12.5. The fourth-order valence-corrected chi connectivity index (χ4v) is 3.14. The number of rotatable bonds is 2. The molecule has 0 unspecified atom stereocenters. The molecule has 2 aromatic rings. The number of halogens is 1. The third-order valence-corrected chi connectivity index (χ3v) is 4.40. The van der Waals surface area contributed by atoms with Gasteiger partial charge >= 0.3 is 0 Å². The summed E-state index contributed by atoms with van der Waals surface area (Å²) in [6, 6.07) is 11.8. The summed E-state index contributed by atoms with van der Waals surface area (Å²) in [6.45, 7) is 0.144. The van der Waals surface area contributed by atoms with E-state index in [1.54, 1.807) is 42.5 Å². The molecule has 130 valence electrons. The van der Waals surface area contributed by atoms with Crippen LogP contribution in [0.1, 0.15) is 5.56 Å². The van der Waals surface area contributed by atoms with E-state index >= 15 is 0 Å². The molecule has 1 saturated heterocycles. The number of ether oxygens (including phenoxy) is 2. The van der Waals surface area contributed by atoms with Gasteiger partial charge in [0.2, 0.25) is 6.79 Å². The molecule has 1 N–H and O–H groups in total. The molecule has 2 heterocycles. The van der Waals surface area contributed by atoms with Crippen molar-refractivity contribution in [2.45, 2.75) is 0 Å². The number of nitrogens with zero attached hydrogens (tertiary/aromatic N) is 1. The second-order valence-corrected chi connectivity index (χ2v) is 6.37. The van der Waals surface area contributed by atoms with Crippen molar-refractivity contribution in [3.8, 4) is 11.5 Å². The van der Waals surface area contributed by atoms with Crippen molar-refractivity contribution in [3.63, 3.8) is 0 Å². The van der Waals surface area contributed by atoms with Crippen molar-refractivity contribution in [2.75, 3.05) is 11.7 Å². The Morgan fingerprint density at radius 3 is 2.73 bits per heavy atom. The minimum Gasteiger partial charge on any atom is -0.454 e. The van der Waals surface area contributed by atoms with Gasteiger partial charge in [-0.3, -0.25) is 19.8 Å². The minimum absolute atomic E-state index is 0.00473. The highest BCUT2D eigenvalue weighted by Crippen LogP contribution is 2.33. The van der Waals surface area contributed by atoms with Gasteiger partial charge in [-0.15, -0.1) is 0 Å². The highest BCUT2D eigenvalue weighted by Gasteiger charge is 2.34. The van der Waals surface area contributed by atoms with Gasteiger partial charge in [0, 0.05) is 5.02 Å². The summed E-state index contributed by atoms with van der Waals surface area (Å²) in [7, 11) is 0. The van der Waals surface area contributed by atoms with Crippen LogP contribution in [0.25, 0.3) is 6.08 Å². The van der Waals surface area contributed by atoms with Crippen LogP contribution < -0.4 is 19.7 Å². The number of hydrogen-bond donors (Lipinski definition) is 1. The number of benzene rings is 2. The summed E-state index contributed by atoms with van der Waals surface area (Å²) >= 11 is 11.2. The third kappa shape index (κ3) is 2.91. The molecule has 2 aliphatic heterocycles. The van der Waals surface area contributed by atoms with Crippen LogP contribution in [0.3, 0.4) is 0 Å². The fraction of sp³-hybridized carbons (Fsp3) is 0.0556. The molecular formula is C18H11ClN2O4S. The van der Waals surface area contributed by atoms with E-state index in [2.05, 4.69) is 5.32 Å². The minimum atomic E-state index is -0.559.